The number of ether oxygens (including phenoxy) is 2. The predicted octanol–water partition coefficient (Wildman–Crippen LogP) is 14.8. The van der Waals surface area contributed by atoms with Gasteiger partial charge in [0.25, 0.3) is 0 Å². The van der Waals surface area contributed by atoms with Gasteiger partial charge in [0.05, 0.1) is 25.4 Å². The van der Waals surface area contributed by atoms with Crippen molar-refractivity contribution in [2.75, 3.05) is 13.2 Å². The first-order valence-electron chi connectivity index (χ1n) is 29.6. The van der Waals surface area contributed by atoms with Crippen molar-refractivity contribution in [3.8, 4) is 0 Å². The molecule has 6 N–H and O–H groups in total. The molecule has 0 saturated carbocycles. The zero-order valence-corrected chi connectivity index (χ0v) is 45.7. The van der Waals surface area contributed by atoms with Crippen molar-refractivity contribution in [3.05, 3.63) is 72.9 Å². The molecule has 1 aliphatic rings. The van der Waals surface area contributed by atoms with Crippen molar-refractivity contribution >= 4 is 5.91 Å². The van der Waals surface area contributed by atoms with Gasteiger partial charge in [-0.1, -0.05) is 260 Å². The molecule has 9 nitrogen and oxygen atoms in total. The Balaban J connectivity index is 2.01. The molecule has 0 spiro atoms. The van der Waals surface area contributed by atoms with Crippen LogP contribution in [0.1, 0.15) is 258 Å². The third-order valence-electron chi connectivity index (χ3n) is 13.8. The van der Waals surface area contributed by atoms with E-state index in [9.17, 15) is 30.3 Å². The summed E-state index contributed by atoms with van der Waals surface area (Å²) in [5.74, 6) is -0.145. The van der Waals surface area contributed by atoms with Crippen LogP contribution in [0.2, 0.25) is 0 Å². The maximum Gasteiger partial charge on any atom is 0.220 e. The lowest BCUT2D eigenvalue weighted by atomic mass is 9.99. The van der Waals surface area contributed by atoms with E-state index in [0.29, 0.717) is 12.8 Å². The number of aliphatic hydroxyl groups is 5. The number of hydrogen-bond acceptors (Lipinski definition) is 8. The van der Waals surface area contributed by atoms with Crippen LogP contribution in [-0.2, 0) is 14.3 Å². The highest BCUT2D eigenvalue weighted by atomic mass is 16.7. The number of carbonyl (C=O) groups excluding carboxylic acids is 1. The van der Waals surface area contributed by atoms with Gasteiger partial charge in [0.1, 0.15) is 24.4 Å². The first-order valence-corrected chi connectivity index (χ1v) is 29.6. The number of amides is 1. The Bertz CT molecular complexity index is 1340. The fraction of sp³-hybridized carbons (Fsp3) is 0.790. The van der Waals surface area contributed by atoms with Crippen LogP contribution in [0.25, 0.3) is 0 Å². The molecule has 412 valence electrons. The van der Waals surface area contributed by atoms with Gasteiger partial charge in [-0.2, -0.15) is 0 Å². The summed E-state index contributed by atoms with van der Waals surface area (Å²) in [5, 5.41) is 54.4. The van der Waals surface area contributed by atoms with Gasteiger partial charge in [-0.25, -0.2) is 0 Å². The third kappa shape index (κ3) is 40.7. The molecule has 1 saturated heterocycles. The highest BCUT2D eigenvalue weighted by Crippen LogP contribution is 2.23. The summed E-state index contributed by atoms with van der Waals surface area (Å²) in [4.78, 5) is 13.0. The van der Waals surface area contributed by atoms with E-state index in [1.165, 1.54) is 154 Å². The second-order valence-electron chi connectivity index (χ2n) is 20.4. The first-order chi connectivity index (χ1) is 34.8. The van der Waals surface area contributed by atoms with Crippen molar-refractivity contribution in [1.29, 1.82) is 0 Å². The molecular weight excluding hydrogens is 887 g/mol. The van der Waals surface area contributed by atoms with Gasteiger partial charge in [-0.3, -0.25) is 4.79 Å². The van der Waals surface area contributed by atoms with Crippen molar-refractivity contribution in [3.63, 3.8) is 0 Å². The smallest absolute Gasteiger partial charge is 0.220 e. The zero-order valence-electron chi connectivity index (χ0n) is 45.7. The summed E-state index contributed by atoms with van der Waals surface area (Å²) < 4.78 is 11.3. The predicted molar refractivity (Wildman–Crippen MR) is 299 cm³/mol. The molecule has 0 aromatic rings. The SMILES string of the molecule is CC/C=C\C/C=C\C/C=C\C/C=C\C/C=C\C/C=C\CCCCCCCCCCCCCCCCCCCCCCC(=O)NC(COC1OC(CO)C(O)C(O)C1O)C(O)CCCCCCCCCCC. The van der Waals surface area contributed by atoms with Crippen LogP contribution in [0.5, 0.6) is 0 Å². The average molecular weight is 999 g/mol. The van der Waals surface area contributed by atoms with Gasteiger partial charge in [-0.15, -0.1) is 0 Å². The maximum atomic E-state index is 13.0. The molecule has 0 aliphatic carbocycles. The van der Waals surface area contributed by atoms with Crippen molar-refractivity contribution in [2.45, 2.75) is 301 Å². The Hall–Kier alpha value is -2.37. The first kappa shape index (κ1) is 66.6. The number of aliphatic hydroxyl groups excluding tert-OH is 5. The topological polar surface area (TPSA) is 149 Å². The van der Waals surface area contributed by atoms with E-state index < -0.39 is 49.5 Å². The Morgan fingerprint density at radius 3 is 1.30 bits per heavy atom. The standard InChI is InChI=1S/C62H111NO8/c1-3-5-7-9-11-13-14-15-16-17-18-19-20-21-22-23-24-25-26-27-28-29-30-31-32-33-34-35-36-37-38-39-40-41-42-44-46-48-50-52-58(66)63-55(56(65)51-49-47-45-43-12-10-8-6-4-2)54-70-62-61(69)60(68)59(67)57(53-64)71-62/h5,7,11,13,15-16,18-19,21-22,24-25,55-57,59-62,64-65,67-69H,3-4,6,8-10,12,14,17,20,23,26-54H2,1-2H3,(H,63,66)/b7-5-,13-11-,16-15-,19-18-,22-21-,25-24-. The number of rotatable bonds is 50. The Morgan fingerprint density at radius 2 is 0.873 bits per heavy atom. The molecule has 1 fully saturated rings. The summed E-state index contributed by atoms with van der Waals surface area (Å²) >= 11 is 0. The van der Waals surface area contributed by atoms with E-state index in [4.69, 9.17) is 9.47 Å². The second kappa shape index (κ2) is 51.1. The van der Waals surface area contributed by atoms with Crippen LogP contribution >= 0.6 is 0 Å². The van der Waals surface area contributed by atoms with Crippen molar-refractivity contribution in [2.24, 2.45) is 0 Å². The van der Waals surface area contributed by atoms with Crippen LogP contribution in [0.4, 0.5) is 0 Å². The van der Waals surface area contributed by atoms with Crippen molar-refractivity contribution < 1.29 is 39.8 Å². The fourth-order valence-corrected chi connectivity index (χ4v) is 9.17. The fourth-order valence-electron chi connectivity index (χ4n) is 9.17. The molecule has 0 aromatic carbocycles. The minimum absolute atomic E-state index is 0.137. The van der Waals surface area contributed by atoms with E-state index in [1.54, 1.807) is 0 Å². The van der Waals surface area contributed by atoms with E-state index >= 15 is 0 Å². The number of nitrogens with one attached hydrogen (secondary N) is 1. The van der Waals surface area contributed by atoms with Crippen LogP contribution in [0.3, 0.4) is 0 Å². The monoisotopic (exact) mass is 998 g/mol. The third-order valence-corrected chi connectivity index (χ3v) is 13.8. The summed E-state index contributed by atoms with van der Waals surface area (Å²) in [5.41, 5.74) is 0. The zero-order chi connectivity index (χ0) is 51.5. The highest BCUT2D eigenvalue weighted by Gasteiger charge is 2.44. The van der Waals surface area contributed by atoms with Crippen LogP contribution in [-0.4, -0.2) is 87.5 Å². The lowest BCUT2D eigenvalue weighted by molar-refractivity contribution is -0.302. The molecule has 7 atom stereocenters. The number of allylic oxidation sites excluding steroid dienone is 12. The van der Waals surface area contributed by atoms with Crippen LogP contribution in [0, 0.1) is 0 Å². The van der Waals surface area contributed by atoms with E-state index in [2.05, 4.69) is 92.1 Å². The summed E-state index contributed by atoms with van der Waals surface area (Å²) in [6.07, 6.45) is 64.0. The highest BCUT2D eigenvalue weighted by molar-refractivity contribution is 5.76. The van der Waals surface area contributed by atoms with Crippen LogP contribution in [0.15, 0.2) is 72.9 Å². The van der Waals surface area contributed by atoms with Gasteiger partial charge < -0.3 is 40.3 Å². The average Bonchev–Trinajstić information content (AvgIpc) is 3.37. The number of hydrogen-bond donors (Lipinski definition) is 6. The molecule has 0 aromatic heterocycles. The minimum Gasteiger partial charge on any atom is -0.394 e. The van der Waals surface area contributed by atoms with Gasteiger partial charge in [0.2, 0.25) is 5.91 Å². The molecule has 1 rings (SSSR count). The quantitative estimate of drug-likeness (QED) is 0.0261. The van der Waals surface area contributed by atoms with Crippen LogP contribution < -0.4 is 5.32 Å². The molecule has 1 heterocycles. The molecule has 1 aliphatic heterocycles. The van der Waals surface area contributed by atoms with E-state index in [1.807, 2.05) is 0 Å². The molecule has 9 heteroatoms. The van der Waals surface area contributed by atoms with Gasteiger partial charge in [-0.05, 0) is 64.2 Å². The number of unbranched alkanes of at least 4 members (excludes halogenated alkanes) is 28. The Morgan fingerprint density at radius 1 is 0.493 bits per heavy atom. The molecular formula is C62H111NO8. The Labute approximate surface area is 436 Å². The molecule has 71 heavy (non-hydrogen) atoms. The molecule has 0 bridgehead atoms. The Kier molecular flexibility index (Phi) is 48.0. The largest absolute Gasteiger partial charge is 0.394 e. The lowest BCUT2D eigenvalue weighted by Gasteiger charge is -2.40. The maximum absolute atomic E-state index is 13.0. The molecule has 0 radical (unpaired) electrons. The van der Waals surface area contributed by atoms with Gasteiger partial charge in [0.15, 0.2) is 6.29 Å². The van der Waals surface area contributed by atoms with E-state index in [0.717, 1.165) is 77.0 Å². The van der Waals surface area contributed by atoms with Gasteiger partial charge >= 0.3 is 0 Å². The second-order valence-corrected chi connectivity index (χ2v) is 20.4. The number of carbonyl (C=O) groups is 1. The van der Waals surface area contributed by atoms with Crippen molar-refractivity contribution in [1.82, 2.24) is 5.32 Å². The van der Waals surface area contributed by atoms with Gasteiger partial charge in [0, 0.05) is 6.42 Å². The molecule has 1 amide bonds. The summed E-state index contributed by atoms with van der Waals surface area (Å²) in [6, 6.07) is -0.717. The minimum atomic E-state index is -1.55. The lowest BCUT2D eigenvalue weighted by Crippen LogP contribution is -2.60. The summed E-state index contributed by atoms with van der Waals surface area (Å²) in [7, 11) is 0. The normalized spacial score (nSPS) is 19.8. The van der Waals surface area contributed by atoms with E-state index in [-0.39, 0.29) is 12.5 Å². The summed E-state index contributed by atoms with van der Waals surface area (Å²) in [6.45, 7) is 3.70. The molecule has 7 unspecified atom stereocenters.